The zero-order chi connectivity index (χ0) is 15.5. The highest BCUT2D eigenvalue weighted by atomic mass is 19.1. The summed E-state index contributed by atoms with van der Waals surface area (Å²) in [5, 5.41) is 20.4. The number of halogens is 1. The van der Waals surface area contributed by atoms with Crippen molar-refractivity contribution >= 4 is 0 Å². The zero-order valence-electron chi connectivity index (χ0n) is 13.6. The van der Waals surface area contributed by atoms with E-state index in [0.717, 1.165) is 25.7 Å². The van der Waals surface area contributed by atoms with Crippen molar-refractivity contribution in [1.29, 1.82) is 0 Å². The fourth-order valence-corrected chi connectivity index (χ4v) is 6.79. The van der Waals surface area contributed by atoms with Crippen LogP contribution in [0.2, 0.25) is 0 Å². The number of hydrogen-bond acceptors (Lipinski definition) is 2. The maximum Gasteiger partial charge on any atom is 0.127 e. The summed E-state index contributed by atoms with van der Waals surface area (Å²) in [5.74, 6) is 1.27. The summed E-state index contributed by atoms with van der Waals surface area (Å²) in [7, 11) is 0. The van der Waals surface area contributed by atoms with Gasteiger partial charge in [0.15, 0.2) is 0 Å². The van der Waals surface area contributed by atoms with Crippen molar-refractivity contribution in [3.05, 3.63) is 11.6 Å². The molecule has 0 aromatic rings. The summed E-state index contributed by atoms with van der Waals surface area (Å²) in [6, 6.07) is 0. The van der Waals surface area contributed by atoms with E-state index in [1.54, 1.807) is 5.57 Å². The summed E-state index contributed by atoms with van der Waals surface area (Å²) in [4.78, 5) is 0. The molecule has 4 aliphatic rings. The van der Waals surface area contributed by atoms with Crippen molar-refractivity contribution < 1.29 is 14.6 Å². The Morgan fingerprint density at radius 1 is 1.27 bits per heavy atom. The van der Waals surface area contributed by atoms with E-state index in [2.05, 4.69) is 13.0 Å². The Kier molecular flexibility index (Phi) is 3.47. The predicted molar refractivity (Wildman–Crippen MR) is 84.0 cm³/mol. The fourth-order valence-electron chi connectivity index (χ4n) is 6.79. The first-order valence-corrected chi connectivity index (χ1v) is 9.15. The normalized spacial score (nSPS) is 54.2. The molecule has 0 spiro atoms. The SMILES string of the molecule is C[C@]12CCCC=C1CC[C@@H]1[C@H]2CC[C@]2(CO)C(O)C(F)C[C@@H]12. The molecule has 0 aromatic carbocycles. The maximum atomic E-state index is 14.3. The minimum atomic E-state index is -1.15. The Morgan fingerprint density at radius 2 is 2.09 bits per heavy atom. The van der Waals surface area contributed by atoms with E-state index in [1.165, 1.54) is 19.3 Å². The number of rotatable bonds is 1. The van der Waals surface area contributed by atoms with Gasteiger partial charge in [-0.05, 0) is 74.5 Å². The number of aliphatic hydroxyl groups excluding tert-OH is 2. The third-order valence-corrected chi connectivity index (χ3v) is 7.99. The molecular weight excluding hydrogens is 279 g/mol. The molecule has 0 radical (unpaired) electrons. The first-order chi connectivity index (χ1) is 10.5. The van der Waals surface area contributed by atoms with Gasteiger partial charge in [0.25, 0.3) is 0 Å². The van der Waals surface area contributed by atoms with Gasteiger partial charge in [-0.1, -0.05) is 18.6 Å². The van der Waals surface area contributed by atoms with Gasteiger partial charge in [-0.25, -0.2) is 4.39 Å². The Morgan fingerprint density at radius 3 is 2.86 bits per heavy atom. The molecule has 0 saturated heterocycles. The number of allylic oxidation sites excluding steroid dienone is 2. The van der Waals surface area contributed by atoms with E-state index in [0.29, 0.717) is 23.7 Å². The zero-order valence-corrected chi connectivity index (χ0v) is 13.6. The van der Waals surface area contributed by atoms with Gasteiger partial charge in [0.1, 0.15) is 6.17 Å². The molecule has 4 aliphatic carbocycles. The molecule has 0 bridgehead atoms. The van der Waals surface area contributed by atoms with E-state index >= 15 is 0 Å². The lowest BCUT2D eigenvalue weighted by atomic mass is 9.47. The van der Waals surface area contributed by atoms with E-state index in [4.69, 9.17) is 0 Å². The first kappa shape index (κ1) is 15.1. The quantitative estimate of drug-likeness (QED) is 0.726. The summed E-state index contributed by atoms with van der Waals surface area (Å²) < 4.78 is 14.3. The molecule has 0 aromatic heterocycles. The van der Waals surface area contributed by atoms with Crippen molar-refractivity contribution in [1.82, 2.24) is 0 Å². The third kappa shape index (κ3) is 1.78. The molecule has 4 rings (SSSR count). The minimum absolute atomic E-state index is 0.0537. The number of hydrogen-bond donors (Lipinski definition) is 2. The van der Waals surface area contributed by atoms with Gasteiger partial charge in [-0.15, -0.1) is 0 Å². The highest BCUT2D eigenvalue weighted by Gasteiger charge is 2.63. The minimum Gasteiger partial charge on any atom is -0.396 e. The van der Waals surface area contributed by atoms with Gasteiger partial charge < -0.3 is 10.2 Å². The van der Waals surface area contributed by atoms with Gasteiger partial charge >= 0.3 is 0 Å². The standard InChI is InChI=1S/C19H29FO2/c1-18-8-3-2-4-12(18)5-6-13-14(18)7-9-19(11-21)15(13)10-16(20)17(19)22/h4,13-17,21-22H,2-3,5-11H2,1H3/t13-,14-,15+,16?,17?,18+,19-/m1/s1. The van der Waals surface area contributed by atoms with Crippen molar-refractivity contribution in [3.63, 3.8) is 0 Å². The first-order valence-electron chi connectivity index (χ1n) is 9.15. The summed E-state index contributed by atoms with van der Waals surface area (Å²) >= 11 is 0. The van der Waals surface area contributed by atoms with E-state index < -0.39 is 17.7 Å². The lowest BCUT2D eigenvalue weighted by Gasteiger charge is -2.58. The summed E-state index contributed by atoms with van der Waals surface area (Å²) in [6.45, 7) is 2.38. The van der Waals surface area contributed by atoms with Crippen LogP contribution in [0.4, 0.5) is 4.39 Å². The second-order valence-electron chi connectivity index (χ2n) is 8.58. The Bertz CT molecular complexity index is 490. The van der Waals surface area contributed by atoms with Crippen molar-refractivity contribution in [2.75, 3.05) is 6.61 Å². The van der Waals surface area contributed by atoms with Gasteiger partial charge in [-0.3, -0.25) is 0 Å². The average molecular weight is 308 g/mol. The maximum absolute atomic E-state index is 14.3. The van der Waals surface area contributed by atoms with Crippen LogP contribution in [-0.2, 0) is 0 Å². The summed E-state index contributed by atoms with van der Waals surface area (Å²) in [6.07, 6.45) is 8.67. The number of aliphatic hydroxyl groups is 2. The smallest absolute Gasteiger partial charge is 0.127 e. The van der Waals surface area contributed by atoms with E-state index in [1.807, 2.05) is 0 Å². The Hall–Kier alpha value is -0.410. The van der Waals surface area contributed by atoms with E-state index in [-0.39, 0.29) is 12.5 Å². The summed E-state index contributed by atoms with van der Waals surface area (Å²) in [5.41, 5.74) is 1.38. The van der Waals surface area contributed by atoms with Gasteiger partial charge in [0.05, 0.1) is 12.7 Å². The molecule has 0 heterocycles. The molecule has 0 amide bonds. The van der Waals surface area contributed by atoms with Crippen LogP contribution in [0.5, 0.6) is 0 Å². The molecule has 22 heavy (non-hydrogen) atoms. The molecule has 3 saturated carbocycles. The van der Waals surface area contributed by atoms with Crippen molar-refractivity contribution in [3.8, 4) is 0 Å². The van der Waals surface area contributed by atoms with Crippen LogP contribution in [0.3, 0.4) is 0 Å². The molecule has 3 heteroatoms. The third-order valence-electron chi connectivity index (χ3n) is 7.99. The van der Waals surface area contributed by atoms with Crippen LogP contribution < -0.4 is 0 Å². The molecule has 2 N–H and O–H groups in total. The van der Waals surface area contributed by atoms with Gasteiger partial charge in [0, 0.05) is 5.41 Å². The molecular formula is C19H29FO2. The lowest BCUT2D eigenvalue weighted by Crippen LogP contribution is -2.53. The van der Waals surface area contributed by atoms with Crippen molar-refractivity contribution in [2.45, 2.75) is 70.6 Å². The fraction of sp³-hybridized carbons (Fsp3) is 0.895. The van der Waals surface area contributed by atoms with Crippen LogP contribution >= 0.6 is 0 Å². The van der Waals surface area contributed by atoms with Crippen LogP contribution in [0, 0.1) is 28.6 Å². The van der Waals surface area contributed by atoms with Gasteiger partial charge in [-0.2, -0.15) is 0 Å². The monoisotopic (exact) mass is 308 g/mol. The largest absolute Gasteiger partial charge is 0.396 e. The van der Waals surface area contributed by atoms with Gasteiger partial charge in [0.2, 0.25) is 0 Å². The molecule has 124 valence electrons. The predicted octanol–water partition coefficient (Wildman–Crippen LogP) is 3.62. The number of alkyl halides is 1. The molecule has 0 aliphatic heterocycles. The lowest BCUT2D eigenvalue weighted by molar-refractivity contribution is -0.112. The van der Waals surface area contributed by atoms with Crippen LogP contribution in [0.15, 0.2) is 11.6 Å². The molecule has 3 fully saturated rings. The highest BCUT2D eigenvalue weighted by Crippen LogP contribution is 2.65. The molecule has 7 atom stereocenters. The van der Waals surface area contributed by atoms with Crippen LogP contribution in [-0.4, -0.2) is 29.1 Å². The van der Waals surface area contributed by atoms with E-state index in [9.17, 15) is 14.6 Å². The van der Waals surface area contributed by atoms with Crippen LogP contribution in [0.25, 0.3) is 0 Å². The molecule has 2 nitrogen and oxygen atoms in total. The second-order valence-corrected chi connectivity index (χ2v) is 8.58. The van der Waals surface area contributed by atoms with Crippen molar-refractivity contribution in [2.24, 2.45) is 28.6 Å². The van der Waals surface area contributed by atoms with Crippen LogP contribution in [0.1, 0.15) is 58.3 Å². The Labute approximate surface area is 132 Å². The topological polar surface area (TPSA) is 40.5 Å². The number of fused-ring (bicyclic) bond motifs is 5. The molecule has 2 unspecified atom stereocenters. The highest BCUT2D eigenvalue weighted by molar-refractivity contribution is 5.24. The second kappa shape index (κ2) is 5.04. The average Bonchev–Trinajstić information content (AvgIpc) is 2.79. The Balaban J connectivity index is 1.70.